The number of aromatic hydroxyl groups is 1. The lowest BCUT2D eigenvalue weighted by atomic mass is 9.84. The van der Waals surface area contributed by atoms with Gasteiger partial charge in [0.05, 0.1) is 36.2 Å². The summed E-state index contributed by atoms with van der Waals surface area (Å²) in [5, 5.41) is 16.7. The van der Waals surface area contributed by atoms with Gasteiger partial charge in [-0.1, -0.05) is 33.8 Å². The van der Waals surface area contributed by atoms with Gasteiger partial charge in [-0.2, -0.15) is 0 Å². The van der Waals surface area contributed by atoms with Gasteiger partial charge in [0.25, 0.3) is 5.91 Å². The first-order valence-corrected chi connectivity index (χ1v) is 22.9. The summed E-state index contributed by atoms with van der Waals surface area (Å²) in [5.41, 5.74) is 8.52. The molecular formula is C50H66N6O9. The topological polar surface area (TPSA) is 174 Å². The number of hydrogen-bond donors (Lipinski definition) is 3. The van der Waals surface area contributed by atoms with E-state index in [2.05, 4.69) is 41.3 Å². The minimum Gasteiger partial charge on any atom is -0.508 e. The number of amides is 3. The highest BCUT2D eigenvalue weighted by atomic mass is 16.6. The van der Waals surface area contributed by atoms with Gasteiger partial charge in [0.15, 0.2) is 0 Å². The van der Waals surface area contributed by atoms with Crippen LogP contribution in [0.2, 0.25) is 0 Å². The summed E-state index contributed by atoms with van der Waals surface area (Å²) >= 11 is 0. The molecule has 3 aliphatic heterocycles. The van der Waals surface area contributed by atoms with E-state index in [0.717, 1.165) is 58.4 Å². The van der Waals surface area contributed by atoms with Crippen molar-refractivity contribution in [3.05, 3.63) is 65.5 Å². The number of methoxy groups -OCH3 is 1. The monoisotopic (exact) mass is 894 g/mol. The fourth-order valence-electron chi connectivity index (χ4n) is 9.34. The lowest BCUT2D eigenvalue weighted by Gasteiger charge is -2.37. The number of benzene rings is 2. The Bertz CT molecular complexity index is 2440. The number of esters is 1. The summed E-state index contributed by atoms with van der Waals surface area (Å²) < 4.78 is 26.6. The van der Waals surface area contributed by atoms with Crippen LogP contribution in [0.1, 0.15) is 104 Å². The molecule has 4 aromatic rings. The first-order valence-electron chi connectivity index (χ1n) is 22.9. The smallest absolute Gasteiger partial charge is 0.410 e. The number of hydrazine groups is 1. The minimum absolute atomic E-state index is 0.0206. The summed E-state index contributed by atoms with van der Waals surface area (Å²) in [4.78, 5) is 62.4. The zero-order valence-corrected chi connectivity index (χ0v) is 39.6. The number of rotatable bonds is 7. The van der Waals surface area contributed by atoms with Crippen LogP contribution >= 0.6 is 0 Å². The SMILES string of the molecule is CO[C@@H](C)c1ncccc1-c1c2c3cc(cc4c3n1CCCCO4)-c1cc(O)cc(c1)C[C@H](NC(=O)[C@H](C(C)C)N(C)C(=O)OC(C)(C)C)C(=O)N1CCC[C@H](N1)C(=O)OCC(C)(C)C2. The van der Waals surface area contributed by atoms with Gasteiger partial charge in [-0.3, -0.25) is 29.3 Å². The highest BCUT2D eigenvalue weighted by Crippen LogP contribution is 2.46. The number of ether oxygens (including phenoxy) is 4. The number of pyridine rings is 1. The highest BCUT2D eigenvalue weighted by Gasteiger charge is 2.39. The van der Waals surface area contributed by atoms with E-state index < -0.39 is 53.0 Å². The van der Waals surface area contributed by atoms with Crippen molar-refractivity contribution < 1.29 is 43.2 Å². The summed E-state index contributed by atoms with van der Waals surface area (Å²) in [5.74, 6) is -1.20. The van der Waals surface area contributed by atoms with Crippen molar-refractivity contribution in [2.75, 3.05) is 33.9 Å². The first kappa shape index (κ1) is 47.3. The molecule has 6 bridgehead atoms. The molecule has 0 unspecified atom stereocenters. The number of cyclic esters (lactones) is 1. The summed E-state index contributed by atoms with van der Waals surface area (Å²) in [6.45, 7) is 16.7. The number of aryl methyl sites for hydroxylation is 1. The molecule has 350 valence electrons. The molecule has 4 atom stereocenters. The van der Waals surface area contributed by atoms with Gasteiger partial charge in [0, 0.05) is 56.2 Å². The Morgan fingerprint density at radius 3 is 2.51 bits per heavy atom. The van der Waals surface area contributed by atoms with Gasteiger partial charge >= 0.3 is 12.1 Å². The fraction of sp³-hybridized carbons (Fsp3) is 0.540. The predicted octanol–water partition coefficient (Wildman–Crippen LogP) is 7.50. The van der Waals surface area contributed by atoms with E-state index in [4.69, 9.17) is 23.9 Å². The molecule has 0 saturated carbocycles. The molecule has 1 saturated heterocycles. The van der Waals surface area contributed by atoms with Crippen LogP contribution in [0, 0.1) is 11.3 Å². The van der Waals surface area contributed by atoms with Crippen molar-refractivity contribution in [2.45, 2.75) is 130 Å². The van der Waals surface area contributed by atoms with Gasteiger partial charge in [-0.05, 0) is 124 Å². The van der Waals surface area contributed by atoms with E-state index in [1.807, 2.05) is 39.0 Å². The molecule has 15 nitrogen and oxygen atoms in total. The number of nitrogens with one attached hydrogen (secondary N) is 2. The Kier molecular flexibility index (Phi) is 13.9. The molecule has 3 N–H and O–H groups in total. The van der Waals surface area contributed by atoms with Crippen molar-refractivity contribution in [2.24, 2.45) is 11.3 Å². The van der Waals surface area contributed by atoms with E-state index >= 15 is 0 Å². The Hall–Kier alpha value is -5.67. The second kappa shape index (κ2) is 19.0. The zero-order chi connectivity index (χ0) is 47.0. The minimum atomic E-state index is -1.17. The van der Waals surface area contributed by atoms with Crippen molar-refractivity contribution >= 4 is 34.8 Å². The van der Waals surface area contributed by atoms with Crippen LogP contribution < -0.4 is 15.5 Å². The number of likely N-dealkylation sites (N-methyl/N-ethyl adjacent to an activating group) is 1. The molecule has 3 aliphatic rings. The zero-order valence-electron chi connectivity index (χ0n) is 39.6. The Morgan fingerprint density at radius 1 is 1.03 bits per heavy atom. The highest BCUT2D eigenvalue weighted by molar-refractivity contribution is 5.99. The maximum Gasteiger partial charge on any atom is 0.410 e. The second-order valence-corrected chi connectivity index (χ2v) is 19.9. The van der Waals surface area contributed by atoms with E-state index in [9.17, 15) is 24.3 Å². The van der Waals surface area contributed by atoms with Gasteiger partial charge in [0.1, 0.15) is 35.2 Å². The van der Waals surface area contributed by atoms with Crippen molar-refractivity contribution in [1.82, 2.24) is 30.2 Å². The van der Waals surface area contributed by atoms with Gasteiger partial charge in [0.2, 0.25) is 5.91 Å². The van der Waals surface area contributed by atoms with Crippen LogP contribution in [0.15, 0.2) is 48.7 Å². The van der Waals surface area contributed by atoms with Crippen LogP contribution in [-0.4, -0.2) is 106 Å². The maximum atomic E-state index is 14.7. The van der Waals surface area contributed by atoms with E-state index in [1.54, 1.807) is 46.2 Å². The third kappa shape index (κ3) is 10.4. The number of hydrogen-bond acceptors (Lipinski definition) is 11. The fourth-order valence-corrected chi connectivity index (χ4v) is 9.34. The van der Waals surface area contributed by atoms with Crippen LogP contribution in [-0.2, 0) is 48.0 Å². The summed E-state index contributed by atoms with van der Waals surface area (Å²) in [6, 6.07) is 10.4. The van der Waals surface area contributed by atoms with E-state index in [1.165, 1.54) is 17.0 Å². The van der Waals surface area contributed by atoms with Crippen LogP contribution in [0.3, 0.4) is 0 Å². The number of aromatic nitrogens is 2. The summed E-state index contributed by atoms with van der Waals surface area (Å²) in [7, 11) is 3.18. The van der Waals surface area contributed by atoms with Gasteiger partial charge in [-0.15, -0.1) is 0 Å². The number of nitrogens with zero attached hydrogens (tertiary/aromatic N) is 4. The number of carbonyl (C=O) groups excluding carboxylic acids is 4. The van der Waals surface area contributed by atoms with Crippen molar-refractivity contribution in [3.8, 4) is 33.9 Å². The predicted molar refractivity (Wildman–Crippen MR) is 247 cm³/mol. The molecule has 0 aliphatic carbocycles. The molecule has 1 fully saturated rings. The first-order chi connectivity index (χ1) is 30.7. The third-order valence-electron chi connectivity index (χ3n) is 12.5. The van der Waals surface area contributed by atoms with Crippen LogP contribution in [0.25, 0.3) is 33.3 Å². The quantitative estimate of drug-likeness (QED) is 0.157. The van der Waals surface area contributed by atoms with E-state index in [0.29, 0.717) is 42.7 Å². The Labute approximate surface area is 382 Å². The average molecular weight is 895 g/mol. The maximum absolute atomic E-state index is 14.7. The van der Waals surface area contributed by atoms with Gasteiger partial charge in [-0.25, -0.2) is 10.2 Å². The molecule has 3 amide bonds. The molecule has 0 spiro atoms. The molecule has 65 heavy (non-hydrogen) atoms. The van der Waals surface area contributed by atoms with Crippen LogP contribution in [0.5, 0.6) is 11.5 Å². The largest absolute Gasteiger partial charge is 0.508 e. The molecule has 0 radical (unpaired) electrons. The molecule has 5 heterocycles. The molecule has 2 aromatic carbocycles. The number of phenolic OH excluding ortho intramolecular Hbond substituents is 1. The van der Waals surface area contributed by atoms with Gasteiger partial charge < -0.3 is 33.9 Å². The number of phenols is 1. The molecule has 7 rings (SSSR count). The summed E-state index contributed by atoms with van der Waals surface area (Å²) in [6.07, 6.45) is 3.98. The third-order valence-corrected chi connectivity index (χ3v) is 12.5. The number of fused-ring (bicyclic) bond motifs is 6. The molecule has 15 heteroatoms. The lowest BCUT2D eigenvalue weighted by molar-refractivity contribution is -0.155. The van der Waals surface area contributed by atoms with Crippen molar-refractivity contribution in [3.63, 3.8) is 0 Å². The van der Waals surface area contributed by atoms with Crippen molar-refractivity contribution in [1.29, 1.82) is 0 Å². The van der Waals surface area contributed by atoms with E-state index in [-0.39, 0.29) is 37.3 Å². The average Bonchev–Trinajstić information content (AvgIpc) is 3.53. The second-order valence-electron chi connectivity index (χ2n) is 19.9. The number of carbonyl (C=O) groups is 4. The molecular weight excluding hydrogens is 829 g/mol. The molecule has 2 aromatic heterocycles. The van der Waals surface area contributed by atoms with Crippen LogP contribution in [0.4, 0.5) is 4.79 Å². The lowest BCUT2D eigenvalue weighted by Crippen LogP contribution is -2.62. The standard InChI is InChI=1S/C50H66N6O9/c1-29(2)42(54(9)48(61)65-49(4,5)6)45(58)52-39-23-31-21-32(24-34(57)22-31)33-25-36-37(27-50(7,8)28-64-47(60)38-16-14-19-56(53-38)46(39)59)43(35-15-13-17-51-41(35)30(3)62-10)55-18-11-12-20-63-40(26-33)44(36)55/h13,15,17,21-22,24-26,29-30,38-39,42,53,57H,11-12,14,16,18-20,23,27-28H2,1-10H3,(H,52,58)/t30-,38-,39-,42-/m0/s1. The Balaban J connectivity index is 1.40. The Morgan fingerprint density at radius 2 is 1.78 bits per heavy atom. The normalized spacial score (nSPS) is 20.1.